The largest absolute Gasteiger partial charge is 0.692 e. The van der Waals surface area contributed by atoms with Crippen molar-refractivity contribution in [2.75, 3.05) is 0 Å². The lowest BCUT2D eigenvalue weighted by Gasteiger charge is -2.24. The van der Waals surface area contributed by atoms with Crippen molar-refractivity contribution in [3.8, 4) is 0 Å². The Morgan fingerprint density at radius 3 is 1.18 bits per heavy atom. The van der Waals surface area contributed by atoms with Gasteiger partial charge in [0.05, 0.1) is 0 Å². The predicted molar refractivity (Wildman–Crippen MR) is 63.4 cm³/mol. The Morgan fingerprint density at radius 1 is 0.647 bits per heavy atom. The molecule has 0 aromatic rings. The van der Waals surface area contributed by atoms with Crippen LogP contribution in [0, 0.1) is 11.8 Å². The minimum atomic E-state index is -2.87. The van der Waals surface area contributed by atoms with Crippen LogP contribution in [0.2, 0.25) is 0 Å². The second-order valence-electron chi connectivity index (χ2n) is 4.24. The Bertz CT molecular complexity index is 216. The lowest BCUT2D eigenvalue weighted by Crippen LogP contribution is -2.12. The third-order valence-electron chi connectivity index (χ3n) is 3.22. The fraction of sp³-hybridized carbons (Fsp3) is 1.00. The summed E-state index contributed by atoms with van der Waals surface area (Å²) in [4.78, 5) is 28.5. The van der Waals surface area contributed by atoms with Crippen molar-refractivity contribution >= 4 is 16.5 Å². The maximum Gasteiger partial charge on any atom is 0.692 e. The molecule has 0 aromatic carbocycles. The molecule has 0 aliphatic heterocycles. The molecular weight excluding hydrogens is 266 g/mol. The van der Waals surface area contributed by atoms with Crippen molar-refractivity contribution in [3.63, 3.8) is 0 Å². The number of fused-ring (bicyclic) bond motifs is 1. The smallest absolute Gasteiger partial charge is 0.134 e. The highest BCUT2D eigenvalue weighted by Gasteiger charge is 2.28. The minimum absolute atomic E-state index is 1.17. The van der Waals surface area contributed by atoms with Gasteiger partial charge >= 0.3 is 16.5 Å². The van der Waals surface area contributed by atoms with Crippen LogP contribution in [0.3, 0.4) is 0 Å². The highest BCUT2D eigenvalue weighted by atomic mass is 31.1. The molecule has 0 saturated heterocycles. The van der Waals surface area contributed by atoms with Gasteiger partial charge in [-0.1, -0.05) is 44.9 Å². The topological polar surface area (TPSA) is 115 Å². The molecule has 0 aromatic heterocycles. The lowest BCUT2D eigenvalue weighted by atomic mass is 9.82. The van der Waals surface area contributed by atoms with Crippen molar-refractivity contribution in [3.05, 3.63) is 0 Å². The molecule has 100 valence electrons. The summed E-state index contributed by atoms with van der Waals surface area (Å²) in [7, 11) is -5.74. The lowest BCUT2D eigenvalue weighted by molar-refractivity contribution is 0.277. The normalized spacial score (nSPS) is 25.6. The molecule has 2 aliphatic carbocycles. The molecule has 0 amide bonds. The standard InChI is InChI=1S/C9H16.2HO3P/c1-2-5-9-7-3-6-8(9)4-1;2*1-4(2)3/h8-9H,1-7H2;2*(H-,1,2,3)/p+2. The molecule has 0 heterocycles. The first-order valence-corrected chi connectivity index (χ1v) is 7.96. The Kier molecular flexibility index (Phi) is 10.0. The van der Waals surface area contributed by atoms with E-state index in [-0.39, 0.29) is 0 Å². The zero-order chi connectivity index (χ0) is 13.3. The van der Waals surface area contributed by atoms with E-state index in [0.29, 0.717) is 0 Å². The van der Waals surface area contributed by atoms with Gasteiger partial charge in [0.25, 0.3) is 0 Å². The highest BCUT2D eigenvalue weighted by molar-refractivity contribution is 7.31. The average molecular weight is 286 g/mol. The molecule has 2 unspecified atom stereocenters. The van der Waals surface area contributed by atoms with E-state index in [0.717, 1.165) is 0 Å². The molecule has 6 nitrogen and oxygen atoms in total. The van der Waals surface area contributed by atoms with E-state index in [2.05, 4.69) is 0 Å². The van der Waals surface area contributed by atoms with Gasteiger partial charge in [0.2, 0.25) is 0 Å². The van der Waals surface area contributed by atoms with Crippen LogP contribution < -0.4 is 0 Å². The van der Waals surface area contributed by atoms with Crippen LogP contribution in [-0.4, -0.2) is 19.6 Å². The van der Waals surface area contributed by atoms with Crippen LogP contribution in [0.4, 0.5) is 0 Å². The average Bonchev–Trinajstić information content (AvgIpc) is 2.62. The molecule has 2 fully saturated rings. The van der Waals surface area contributed by atoms with Crippen LogP contribution in [0.25, 0.3) is 0 Å². The van der Waals surface area contributed by atoms with Crippen molar-refractivity contribution in [2.45, 2.75) is 44.9 Å². The second-order valence-corrected chi connectivity index (χ2v) is 5.25. The third kappa shape index (κ3) is 10.9. The van der Waals surface area contributed by atoms with Crippen LogP contribution >= 0.6 is 16.5 Å². The van der Waals surface area contributed by atoms with Gasteiger partial charge < -0.3 is 0 Å². The maximum atomic E-state index is 8.70. The SMILES string of the molecule is C1CCC2CCCC2C1.O=[P+](O)O.O=[P+](O)O. The van der Waals surface area contributed by atoms with Crippen molar-refractivity contribution in [1.82, 2.24) is 0 Å². The van der Waals surface area contributed by atoms with E-state index in [4.69, 9.17) is 28.7 Å². The molecular formula is C9H20O6P2+2. The van der Waals surface area contributed by atoms with Crippen molar-refractivity contribution < 1.29 is 28.7 Å². The summed E-state index contributed by atoms with van der Waals surface area (Å²) in [5.74, 6) is 2.33. The molecule has 0 radical (unpaired) electrons. The van der Waals surface area contributed by atoms with Gasteiger partial charge in [-0.05, 0) is 11.8 Å². The molecule has 2 saturated carbocycles. The van der Waals surface area contributed by atoms with Gasteiger partial charge in [-0.3, -0.25) is 0 Å². The van der Waals surface area contributed by atoms with Gasteiger partial charge in [-0.25, -0.2) is 0 Å². The number of hydrogen-bond donors (Lipinski definition) is 4. The van der Waals surface area contributed by atoms with E-state index in [9.17, 15) is 0 Å². The fourth-order valence-electron chi connectivity index (χ4n) is 2.69. The van der Waals surface area contributed by atoms with E-state index >= 15 is 0 Å². The monoisotopic (exact) mass is 286 g/mol. The quantitative estimate of drug-likeness (QED) is 0.507. The van der Waals surface area contributed by atoms with E-state index in [1.54, 1.807) is 25.7 Å². The third-order valence-corrected chi connectivity index (χ3v) is 3.22. The van der Waals surface area contributed by atoms with Gasteiger partial charge in [-0.2, -0.15) is 0 Å². The first-order valence-electron chi connectivity index (χ1n) is 5.63. The summed E-state index contributed by atoms with van der Waals surface area (Å²) >= 11 is 0. The van der Waals surface area contributed by atoms with Crippen LogP contribution in [0.15, 0.2) is 0 Å². The molecule has 17 heavy (non-hydrogen) atoms. The molecule has 2 aliphatic rings. The highest BCUT2D eigenvalue weighted by Crippen LogP contribution is 2.41. The van der Waals surface area contributed by atoms with E-state index in [1.165, 1.54) is 31.1 Å². The Labute approximate surface area is 103 Å². The zero-order valence-electron chi connectivity index (χ0n) is 9.60. The minimum Gasteiger partial charge on any atom is -0.134 e. The van der Waals surface area contributed by atoms with Gasteiger partial charge in [0, 0.05) is 9.13 Å². The number of hydrogen-bond acceptors (Lipinski definition) is 2. The summed E-state index contributed by atoms with van der Waals surface area (Å²) in [6, 6.07) is 0. The second kappa shape index (κ2) is 10.0. The Morgan fingerprint density at radius 2 is 0.882 bits per heavy atom. The maximum absolute atomic E-state index is 8.70. The summed E-state index contributed by atoms with van der Waals surface area (Å²) < 4.78 is 17.4. The van der Waals surface area contributed by atoms with Crippen LogP contribution in [0.5, 0.6) is 0 Å². The van der Waals surface area contributed by atoms with Crippen LogP contribution in [-0.2, 0) is 9.13 Å². The zero-order valence-corrected chi connectivity index (χ0v) is 11.4. The van der Waals surface area contributed by atoms with E-state index < -0.39 is 16.5 Å². The predicted octanol–water partition coefficient (Wildman–Crippen LogP) is 2.23. The van der Waals surface area contributed by atoms with Gasteiger partial charge in [-0.15, -0.1) is 19.6 Å². The summed E-state index contributed by atoms with van der Waals surface area (Å²) in [6.45, 7) is 0. The van der Waals surface area contributed by atoms with Gasteiger partial charge in [0.1, 0.15) is 0 Å². The van der Waals surface area contributed by atoms with Crippen molar-refractivity contribution in [2.24, 2.45) is 11.8 Å². The summed E-state index contributed by atoms with van der Waals surface area (Å²) in [5.41, 5.74) is 0. The summed E-state index contributed by atoms with van der Waals surface area (Å²) in [5, 5.41) is 0. The molecule has 0 spiro atoms. The van der Waals surface area contributed by atoms with Crippen molar-refractivity contribution in [1.29, 1.82) is 0 Å². The Hall–Kier alpha value is 0.0400. The summed E-state index contributed by atoms with van der Waals surface area (Å²) in [6.07, 6.45) is 10.8. The first kappa shape index (κ1) is 17.0. The molecule has 4 N–H and O–H groups in total. The molecule has 2 atom stereocenters. The molecule has 0 bridgehead atoms. The first-order chi connectivity index (χ1) is 7.93. The van der Waals surface area contributed by atoms with Gasteiger partial charge in [0.15, 0.2) is 0 Å². The van der Waals surface area contributed by atoms with E-state index in [1.807, 2.05) is 0 Å². The van der Waals surface area contributed by atoms with Crippen LogP contribution in [0.1, 0.15) is 44.9 Å². The Balaban J connectivity index is 0.000000274. The molecule has 8 heteroatoms. The fourth-order valence-corrected chi connectivity index (χ4v) is 2.69. The number of rotatable bonds is 0. The molecule has 2 rings (SSSR count).